The molecule has 0 unspecified atom stereocenters. The molecule has 0 amide bonds. The third-order valence-corrected chi connectivity index (χ3v) is 2.45. The average Bonchev–Trinajstić information content (AvgIpc) is 2.29. The lowest BCUT2D eigenvalue weighted by Gasteiger charge is -2.28. The van der Waals surface area contributed by atoms with Crippen LogP contribution in [-0.4, -0.2) is 32.7 Å². The predicted molar refractivity (Wildman–Crippen MR) is 56.2 cm³/mol. The first-order valence-corrected chi connectivity index (χ1v) is 5.23. The first-order chi connectivity index (χ1) is 8.04. The van der Waals surface area contributed by atoms with Gasteiger partial charge < -0.3 is 14.4 Å². The van der Waals surface area contributed by atoms with Gasteiger partial charge in [-0.3, -0.25) is 0 Å². The molecule has 0 spiro atoms. The maximum absolute atomic E-state index is 11.9. The van der Waals surface area contributed by atoms with Gasteiger partial charge in [0, 0.05) is 18.8 Å². The SMILES string of the molecule is FC(F)(F)Oc1ccc(N2CCOCC2)cc1. The summed E-state index contributed by atoms with van der Waals surface area (Å²) in [6, 6.07) is 5.87. The molecule has 2 rings (SSSR count). The topological polar surface area (TPSA) is 21.7 Å². The monoisotopic (exact) mass is 247 g/mol. The van der Waals surface area contributed by atoms with E-state index in [0.29, 0.717) is 13.2 Å². The number of ether oxygens (including phenoxy) is 2. The molecule has 1 aliphatic heterocycles. The van der Waals surface area contributed by atoms with Gasteiger partial charge in [-0.05, 0) is 24.3 Å². The van der Waals surface area contributed by atoms with Gasteiger partial charge in [-0.15, -0.1) is 13.2 Å². The lowest BCUT2D eigenvalue weighted by molar-refractivity contribution is -0.274. The van der Waals surface area contributed by atoms with E-state index in [9.17, 15) is 13.2 Å². The van der Waals surface area contributed by atoms with Crippen LogP contribution < -0.4 is 9.64 Å². The van der Waals surface area contributed by atoms with Crippen LogP contribution >= 0.6 is 0 Å². The van der Waals surface area contributed by atoms with Crippen LogP contribution in [0.5, 0.6) is 5.75 Å². The van der Waals surface area contributed by atoms with Gasteiger partial charge in [0.2, 0.25) is 0 Å². The van der Waals surface area contributed by atoms with Gasteiger partial charge in [-0.25, -0.2) is 0 Å². The summed E-state index contributed by atoms with van der Waals surface area (Å²) < 4.78 is 44.8. The van der Waals surface area contributed by atoms with Crippen LogP contribution in [0, 0.1) is 0 Å². The molecule has 0 aliphatic carbocycles. The highest BCUT2D eigenvalue weighted by atomic mass is 19.4. The third-order valence-electron chi connectivity index (χ3n) is 2.45. The minimum Gasteiger partial charge on any atom is -0.406 e. The zero-order chi connectivity index (χ0) is 12.3. The lowest BCUT2D eigenvalue weighted by atomic mass is 10.2. The van der Waals surface area contributed by atoms with E-state index in [1.807, 2.05) is 0 Å². The van der Waals surface area contributed by atoms with Gasteiger partial charge in [0.15, 0.2) is 0 Å². The summed E-state index contributed by atoms with van der Waals surface area (Å²) in [4.78, 5) is 2.06. The van der Waals surface area contributed by atoms with E-state index < -0.39 is 6.36 Å². The summed E-state index contributed by atoms with van der Waals surface area (Å²) in [5, 5.41) is 0. The first kappa shape index (κ1) is 12.0. The van der Waals surface area contributed by atoms with Gasteiger partial charge >= 0.3 is 6.36 Å². The minimum atomic E-state index is -4.64. The molecule has 1 heterocycles. The molecular formula is C11H12F3NO2. The summed E-state index contributed by atoms with van der Waals surface area (Å²) in [7, 11) is 0. The largest absolute Gasteiger partial charge is 0.573 e. The van der Waals surface area contributed by atoms with Crippen molar-refractivity contribution in [3.05, 3.63) is 24.3 Å². The van der Waals surface area contributed by atoms with Crippen molar-refractivity contribution in [3.63, 3.8) is 0 Å². The summed E-state index contributed by atoms with van der Waals surface area (Å²) in [6.07, 6.45) is -4.64. The van der Waals surface area contributed by atoms with Crippen LogP contribution in [0.1, 0.15) is 0 Å². The van der Waals surface area contributed by atoms with Crippen LogP contribution in [0.15, 0.2) is 24.3 Å². The molecule has 1 saturated heterocycles. The van der Waals surface area contributed by atoms with E-state index in [1.54, 1.807) is 12.1 Å². The Labute approximate surface area is 96.7 Å². The highest BCUT2D eigenvalue weighted by molar-refractivity contribution is 5.49. The number of benzene rings is 1. The number of hydrogen-bond acceptors (Lipinski definition) is 3. The molecule has 0 atom stereocenters. The third kappa shape index (κ3) is 3.52. The highest BCUT2D eigenvalue weighted by Crippen LogP contribution is 2.25. The second-order valence-corrected chi connectivity index (χ2v) is 3.64. The molecular weight excluding hydrogens is 235 g/mol. The minimum absolute atomic E-state index is 0.200. The number of hydrogen-bond donors (Lipinski definition) is 0. The summed E-state index contributed by atoms with van der Waals surface area (Å²) in [5.41, 5.74) is 0.878. The van der Waals surface area contributed by atoms with Crippen molar-refractivity contribution < 1.29 is 22.6 Å². The molecule has 1 fully saturated rings. The Bertz CT molecular complexity index is 358. The summed E-state index contributed by atoms with van der Waals surface area (Å²) in [5.74, 6) is -0.200. The van der Waals surface area contributed by atoms with Gasteiger partial charge in [0.25, 0.3) is 0 Å². The lowest BCUT2D eigenvalue weighted by Crippen LogP contribution is -2.36. The molecule has 0 N–H and O–H groups in total. The van der Waals surface area contributed by atoms with Crippen molar-refractivity contribution in [2.75, 3.05) is 31.2 Å². The van der Waals surface area contributed by atoms with Crippen molar-refractivity contribution in [2.24, 2.45) is 0 Å². The summed E-state index contributed by atoms with van der Waals surface area (Å²) >= 11 is 0. The Kier molecular flexibility index (Phi) is 3.42. The molecule has 94 valence electrons. The number of rotatable bonds is 2. The standard InChI is InChI=1S/C11H12F3NO2/c12-11(13,14)17-10-3-1-9(2-4-10)15-5-7-16-8-6-15/h1-4H,5-8H2. The zero-order valence-corrected chi connectivity index (χ0v) is 9.04. The summed E-state index contributed by atoms with van der Waals surface area (Å²) in [6.45, 7) is 2.78. The molecule has 1 aliphatic rings. The van der Waals surface area contributed by atoms with Crippen LogP contribution in [0.4, 0.5) is 18.9 Å². The van der Waals surface area contributed by atoms with E-state index in [1.165, 1.54) is 12.1 Å². The van der Waals surface area contributed by atoms with Gasteiger partial charge in [-0.2, -0.15) is 0 Å². The fraction of sp³-hybridized carbons (Fsp3) is 0.455. The zero-order valence-electron chi connectivity index (χ0n) is 9.04. The van der Waals surface area contributed by atoms with Crippen LogP contribution in [0.3, 0.4) is 0 Å². The molecule has 0 aromatic heterocycles. The van der Waals surface area contributed by atoms with Gasteiger partial charge in [-0.1, -0.05) is 0 Å². The Hall–Kier alpha value is -1.43. The highest BCUT2D eigenvalue weighted by Gasteiger charge is 2.31. The van der Waals surface area contributed by atoms with Crippen LogP contribution in [-0.2, 0) is 4.74 Å². The first-order valence-electron chi connectivity index (χ1n) is 5.23. The number of anilines is 1. The van der Waals surface area contributed by atoms with E-state index in [-0.39, 0.29) is 5.75 Å². The number of alkyl halides is 3. The Morgan fingerprint density at radius 2 is 1.65 bits per heavy atom. The molecule has 1 aromatic carbocycles. The average molecular weight is 247 g/mol. The smallest absolute Gasteiger partial charge is 0.406 e. The van der Waals surface area contributed by atoms with Crippen molar-refractivity contribution in [1.82, 2.24) is 0 Å². The Morgan fingerprint density at radius 1 is 1.06 bits per heavy atom. The van der Waals surface area contributed by atoms with Crippen LogP contribution in [0.25, 0.3) is 0 Å². The quantitative estimate of drug-likeness (QED) is 0.801. The molecule has 0 radical (unpaired) electrons. The predicted octanol–water partition coefficient (Wildman–Crippen LogP) is 2.42. The normalized spacial score (nSPS) is 17.0. The maximum Gasteiger partial charge on any atom is 0.573 e. The van der Waals surface area contributed by atoms with Gasteiger partial charge in [0.1, 0.15) is 5.75 Å². The molecule has 17 heavy (non-hydrogen) atoms. The molecule has 6 heteroatoms. The van der Waals surface area contributed by atoms with Crippen molar-refractivity contribution >= 4 is 5.69 Å². The fourth-order valence-electron chi connectivity index (χ4n) is 1.68. The van der Waals surface area contributed by atoms with E-state index in [2.05, 4.69) is 9.64 Å². The van der Waals surface area contributed by atoms with Crippen LogP contribution in [0.2, 0.25) is 0 Å². The Balaban J connectivity index is 2.02. The van der Waals surface area contributed by atoms with Crippen molar-refractivity contribution in [2.45, 2.75) is 6.36 Å². The Morgan fingerprint density at radius 3 is 2.18 bits per heavy atom. The number of morpholine rings is 1. The fourth-order valence-corrected chi connectivity index (χ4v) is 1.68. The van der Waals surface area contributed by atoms with Crippen molar-refractivity contribution in [1.29, 1.82) is 0 Å². The number of halogens is 3. The molecule has 1 aromatic rings. The molecule has 0 saturated carbocycles. The number of nitrogens with zero attached hydrogens (tertiary/aromatic N) is 1. The van der Waals surface area contributed by atoms with E-state index >= 15 is 0 Å². The van der Waals surface area contributed by atoms with E-state index in [4.69, 9.17) is 4.74 Å². The van der Waals surface area contributed by atoms with Gasteiger partial charge in [0.05, 0.1) is 13.2 Å². The maximum atomic E-state index is 11.9. The van der Waals surface area contributed by atoms with E-state index in [0.717, 1.165) is 18.8 Å². The molecule has 3 nitrogen and oxygen atoms in total. The molecule has 0 bridgehead atoms. The second kappa shape index (κ2) is 4.83. The second-order valence-electron chi connectivity index (χ2n) is 3.64. The van der Waals surface area contributed by atoms with Crippen molar-refractivity contribution in [3.8, 4) is 5.75 Å².